The number of allylic oxidation sites excluding steroid dienone is 1. The zero-order valence-electron chi connectivity index (χ0n) is 14.5. The number of aliphatic hydroxyl groups is 1. The second-order valence-electron chi connectivity index (χ2n) is 5.65. The van der Waals surface area contributed by atoms with E-state index in [9.17, 15) is 19.8 Å². The third kappa shape index (κ3) is 13.7. The maximum Gasteiger partial charge on any atom is 1.00 e. The molecule has 23 heavy (non-hydrogen) atoms. The van der Waals surface area contributed by atoms with E-state index in [0.717, 1.165) is 19.3 Å². The molecule has 0 aromatic heterocycles. The first-order valence-corrected chi connectivity index (χ1v) is 7.98. The number of quaternary nitrogens is 1. The fourth-order valence-corrected chi connectivity index (χ4v) is 2.41. The van der Waals surface area contributed by atoms with Crippen LogP contribution in [-0.2, 0) is 9.59 Å². The number of carboxylic acid groups (broad SMARTS) is 2. The largest absolute Gasteiger partial charge is 1.00 e. The molecule has 0 aromatic carbocycles. The van der Waals surface area contributed by atoms with E-state index in [1.165, 1.54) is 6.42 Å². The van der Waals surface area contributed by atoms with Gasteiger partial charge in [-0.2, -0.15) is 0 Å². The Morgan fingerprint density at radius 1 is 1.09 bits per heavy atom. The minimum absolute atomic E-state index is 0. The van der Waals surface area contributed by atoms with Gasteiger partial charge < -0.3 is 24.6 Å². The summed E-state index contributed by atoms with van der Waals surface area (Å²) in [6, 6.07) is 0. The van der Waals surface area contributed by atoms with Crippen LogP contribution in [0.2, 0.25) is 0 Å². The van der Waals surface area contributed by atoms with Crippen molar-refractivity contribution in [2.45, 2.75) is 45.4 Å². The summed E-state index contributed by atoms with van der Waals surface area (Å²) >= 11 is 0. The number of nitrogens with zero attached hydrogens (tertiary/aromatic N) is 1. The van der Waals surface area contributed by atoms with Gasteiger partial charge in [-0.3, -0.25) is 4.79 Å². The molecule has 0 spiro atoms. The van der Waals surface area contributed by atoms with Crippen LogP contribution >= 0.6 is 0 Å². The van der Waals surface area contributed by atoms with Gasteiger partial charge in [-0.1, -0.05) is 25.8 Å². The van der Waals surface area contributed by atoms with E-state index in [2.05, 4.69) is 13.0 Å². The third-order valence-electron chi connectivity index (χ3n) is 3.80. The van der Waals surface area contributed by atoms with Crippen LogP contribution in [0.3, 0.4) is 0 Å². The van der Waals surface area contributed by atoms with E-state index in [-0.39, 0.29) is 60.0 Å². The van der Waals surface area contributed by atoms with Gasteiger partial charge in [0.25, 0.3) is 0 Å². The van der Waals surface area contributed by atoms with Crippen molar-refractivity contribution < 1.29 is 58.9 Å². The van der Waals surface area contributed by atoms with Gasteiger partial charge in [0.05, 0.1) is 32.7 Å². The molecule has 1 atom stereocenters. The van der Waals surface area contributed by atoms with Crippen molar-refractivity contribution in [3.8, 4) is 0 Å². The van der Waals surface area contributed by atoms with Crippen LogP contribution in [0.25, 0.3) is 0 Å². The molecule has 1 unspecified atom stereocenters. The number of hydrogen-bond acceptors (Lipinski definition) is 4. The van der Waals surface area contributed by atoms with Gasteiger partial charge in [0.15, 0.2) is 0 Å². The van der Waals surface area contributed by atoms with Crippen molar-refractivity contribution in [3.63, 3.8) is 0 Å². The summed E-state index contributed by atoms with van der Waals surface area (Å²) in [6.07, 6.45) is 8.25. The van der Waals surface area contributed by atoms with Gasteiger partial charge >= 0.3 is 35.5 Å². The number of unbranched alkanes of at least 4 members (excludes halogenated alkanes) is 3. The molecule has 0 amide bonds. The number of carbonyl (C=O) groups is 2. The van der Waals surface area contributed by atoms with Crippen LogP contribution in [0.15, 0.2) is 12.2 Å². The van der Waals surface area contributed by atoms with Crippen LogP contribution in [-0.4, -0.2) is 59.4 Å². The van der Waals surface area contributed by atoms with E-state index < -0.39 is 11.9 Å². The summed E-state index contributed by atoms with van der Waals surface area (Å²) in [6.45, 7) is 3.50. The van der Waals surface area contributed by atoms with Crippen molar-refractivity contribution >= 4 is 11.9 Å². The zero-order chi connectivity index (χ0) is 16.8. The Kier molecular flexibility index (Phi) is 16.4. The monoisotopic (exact) mass is 338 g/mol. The molecule has 0 heterocycles. The molecule has 7 heteroatoms. The molecule has 0 aliphatic rings. The Labute approximate surface area is 161 Å². The first-order valence-electron chi connectivity index (χ1n) is 7.98. The van der Waals surface area contributed by atoms with Gasteiger partial charge in [-0.15, -0.1) is 0 Å². The van der Waals surface area contributed by atoms with Crippen molar-refractivity contribution in [1.82, 2.24) is 0 Å². The van der Waals surface area contributed by atoms with Crippen LogP contribution in [0.5, 0.6) is 0 Å². The summed E-state index contributed by atoms with van der Waals surface area (Å²) in [4.78, 5) is 21.5. The normalized spacial score (nSPS) is 13.5. The third-order valence-corrected chi connectivity index (χ3v) is 3.80. The fraction of sp³-hybridized carbons (Fsp3) is 0.750. The summed E-state index contributed by atoms with van der Waals surface area (Å²) in [5.74, 6) is -2.07. The van der Waals surface area contributed by atoms with Gasteiger partial charge in [0.2, 0.25) is 0 Å². The number of carboxylic acids is 2. The molecule has 0 saturated heterocycles. The van der Waals surface area contributed by atoms with Gasteiger partial charge in [-0.25, -0.2) is 0 Å². The molecule has 0 aliphatic heterocycles. The zero-order valence-corrected chi connectivity index (χ0v) is 16.5. The number of hydrogen-bond donors (Lipinski definition) is 2. The molecule has 0 saturated carbocycles. The van der Waals surface area contributed by atoms with Crippen LogP contribution in [0.1, 0.15) is 45.4 Å². The summed E-state index contributed by atoms with van der Waals surface area (Å²) < 4.78 is 0.265. The van der Waals surface area contributed by atoms with E-state index in [4.69, 9.17) is 5.11 Å². The van der Waals surface area contributed by atoms with Crippen LogP contribution in [0, 0.1) is 0 Å². The predicted octanol–water partition coefficient (Wildman–Crippen LogP) is -2.45. The molecule has 128 valence electrons. The molecule has 0 aromatic rings. The Balaban J connectivity index is 0. The van der Waals surface area contributed by atoms with E-state index >= 15 is 0 Å². The van der Waals surface area contributed by atoms with Crippen molar-refractivity contribution in [2.24, 2.45) is 0 Å². The number of carbonyl (C=O) groups excluding carboxylic acids is 1. The quantitative estimate of drug-likeness (QED) is 0.159. The maximum absolute atomic E-state index is 10.8. The second kappa shape index (κ2) is 15.1. The van der Waals surface area contributed by atoms with E-state index in [1.807, 2.05) is 6.08 Å². The van der Waals surface area contributed by atoms with Gasteiger partial charge in [0.1, 0.15) is 6.54 Å². The Bertz CT molecular complexity index is 342. The predicted molar refractivity (Wildman–Crippen MR) is 82.0 cm³/mol. The number of aliphatic hydroxyl groups excluding tert-OH is 1. The molecule has 0 bridgehead atoms. The second-order valence-corrected chi connectivity index (χ2v) is 5.65. The van der Waals surface area contributed by atoms with Crippen molar-refractivity contribution in [1.29, 1.82) is 0 Å². The Morgan fingerprint density at radius 2 is 1.74 bits per heavy atom. The smallest absolute Gasteiger partial charge is 0.550 e. The average molecular weight is 338 g/mol. The molecule has 0 radical (unpaired) electrons. The SMILES string of the molecule is CCCCC/C=C/C[N+](CCO)(CCC(=O)[O-])CCC(=O)O.[Na+]. The Hall–Kier alpha value is -0.400. The molecule has 0 aliphatic carbocycles. The summed E-state index contributed by atoms with van der Waals surface area (Å²) in [5.41, 5.74) is 0. The topological polar surface area (TPSA) is 97.7 Å². The van der Waals surface area contributed by atoms with Crippen molar-refractivity contribution in [3.05, 3.63) is 12.2 Å². The van der Waals surface area contributed by atoms with Gasteiger partial charge in [0, 0.05) is 12.4 Å². The number of aliphatic carboxylic acids is 2. The molecule has 6 nitrogen and oxygen atoms in total. The minimum atomic E-state index is -1.15. The fourth-order valence-electron chi connectivity index (χ4n) is 2.41. The molecular formula is C16H29NNaO5+. The van der Waals surface area contributed by atoms with E-state index in [0.29, 0.717) is 19.6 Å². The van der Waals surface area contributed by atoms with Gasteiger partial charge in [-0.05, 0) is 18.9 Å². The standard InChI is InChI=1S/C16H29NO5.Na/c1-2-3-4-5-6-7-10-17(13-14-18,11-8-15(19)20)12-9-16(21)22;/h6-7,18H,2-5,8-14H2,1H3,(H-,19,20,21,22);/q;+1/b7-6+;. The van der Waals surface area contributed by atoms with Crippen molar-refractivity contribution in [2.75, 3.05) is 32.8 Å². The minimum Gasteiger partial charge on any atom is -0.550 e. The Morgan fingerprint density at radius 3 is 2.26 bits per heavy atom. The average Bonchev–Trinajstić information content (AvgIpc) is 2.46. The summed E-state index contributed by atoms with van der Waals surface area (Å²) in [5, 5.41) is 28.8. The maximum atomic E-state index is 10.8. The molecular weight excluding hydrogens is 309 g/mol. The first-order chi connectivity index (χ1) is 10.5. The van der Waals surface area contributed by atoms with E-state index in [1.54, 1.807) is 0 Å². The molecule has 0 rings (SSSR count). The van der Waals surface area contributed by atoms with Crippen LogP contribution in [0.4, 0.5) is 0 Å². The first kappa shape index (κ1) is 24.8. The summed E-state index contributed by atoms with van der Waals surface area (Å²) in [7, 11) is 0. The molecule has 2 N–H and O–H groups in total. The number of rotatable bonds is 14. The molecule has 0 fully saturated rings. The van der Waals surface area contributed by atoms with Crippen LogP contribution < -0.4 is 34.7 Å².